The summed E-state index contributed by atoms with van der Waals surface area (Å²) >= 11 is 11.7. The Labute approximate surface area is 181 Å². The van der Waals surface area contributed by atoms with Gasteiger partial charge in [-0.3, -0.25) is 0 Å². The molecule has 0 fully saturated rings. The molecular weight excluding hydrogens is 478 g/mol. The second-order valence-electron chi connectivity index (χ2n) is 5.84. The topological polar surface area (TPSA) is 123 Å². The first-order chi connectivity index (χ1) is 14.4. The Hall–Kier alpha value is -2.93. The first-order valence-corrected chi connectivity index (χ1v) is 8.86. The summed E-state index contributed by atoms with van der Waals surface area (Å²) in [5.74, 6) is -1.82. The van der Waals surface area contributed by atoms with Gasteiger partial charge in [0.05, 0.1) is 10.6 Å². The van der Waals surface area contributed by atoms with E-state index in [1.54, 1.807) is 0 Å². The van der Waals surface area contributed by atoms with Gasteiger partial charge in [-0.15, -0.1) is 10.1 Å². The van der Waals surface area contributed by atoms with Crippen LogP contribution in [0.5, 0.6) is 5.75 Å². The number of ether oxygens (including phenoxy) is 4. The van der Waals surface area contributed by atoms with Gasteiger partial charge in [0.25, 0.3) is 5.09 Å². The van der Waals surface area contributed by atoms with E-state index in [0.717, 1.165) is 6.08 Å². The molecule has 2 rings (SSSR count). The number of halogens is 5. The van der Waals surface area contributed by atoms with E-state index in [0.29, 0.717) is 0 Å². The van der Waals surface area contributed by atoms with Crippen LogP contribution in [0.4, 0.5) is 18.0 Å². The lowest BCUT2D eigenvalue weighted by Crippen LogP contribution is -2.41. The number of hydrogen-bond donors (Lipinski definition) is 0. The highest BCUT2D eigenvalue weighted by Gasteiger charge is 2.49. The third kappa shape index (κ3) is 6.79. The molecule has 15 heteroatoms. The Morgan fingerprint density at radius 2 is 1.94 bits per heavy atom. The number of hydrogen-bond acceptors (Lipinski definition) is 9. The van der Waals surface area contributed by atoms with Crippen LogP contribution in [0.15, 0.2) is 17.7 Å². The third-order valence-electron chi connectivity index (χ3n) is 3.47. The number of esters is 1. The third-order valence-corrected chi connectivity index (χ3v) is 3.97. The normalized spacial score (nSPS) is 16.2. The lowest BCUT2D eigenvalue weighted by Gasteiger charge is -2.28. The van der Waals surface area contributed by atoms with Crippen LogP contribution < -0.4 is 4.74 Å². The first-order valence-electron chi connectivity index (χ1n) is 8.10. The van der Waals surface area contributed by atoms with Gasteiger partial charge < -0.3 is 23.8 Å². The maximum Gasteiger partial charge on any atom is 0.511 e. The molecule has 0 saturated carbocycles. The average Bonchev–Trinajstić information content (AvgIpc) is 2.63. The molecule has 1 aromatic rings. The molecule has 0 bridgehead atoms. The molecule has 1 aliphatic rings. The summed E-state index contributed by atoms with van der Waals surface area (Å²) < 4.78 is 58.3. The molecule has 0 aromatic heterocycles. The lowest BCUT2D eigenvalue weighted by molar-refractivity contribution is -0.767. The van der Waals surface area contributed by atoms with Crippen LogP contribution in [0.1, 0.15) is 12.5 Å². The zero-order valence-electron chi connectivity index (χ0n) is 15.3. The molecule has 0 saturated heterocycles. The van der Waals surface area contributed by atoms with Crippen molar-refractivity contribution < 1.29 is 51.6 Å². The van der Waals surface area contributed by atoms with Crippen molar-refractivity contribution in [1.29, 1.82) is 0 Å². The van der Waals surface area contributed by atoms with E-state index in [1.807, 2.05) is 0 Å². The molecule has 1 aliphatic heterocycles. The number of alkyl halides is 3. The number of rotatable bonds is 7. The van der Waals surface area contributed by atoms with Crippen LogP contribution in [0.3, 0.4) is 0 Å². The van der Waals surface area contributed by atoms with E-state index in [4.69, 9.17) is 27.9 Å². The zero-order valence-corrected chi connectivity index (χ0v) is 16.8. The number of benzene rings is 1. The minimum atomic E-state index is -5.00. The standard InChI is InChI=1S/C16H12Cl2F3NO9/c1-7(31-22(25)26)5-27-15(24)29-6-28-14(23)10-3-8-2-9(17)4-11(18)12(8)30-13(10)16(19,20)21/h2-4,7,13H,5-6H2,1H3/t7?,13-/m0/s1. The molecule has 0 amide bonds. The maximum absolute atomic E-state index is 13.4. The Bertz CT molecular complexity index is 907. The number of nitrogens with zero attached hydrogens (tertiary/aromatic N) is 1. The molecule has 0 N–H and O–H groups in total. The zero-order chi connectivity index (χ0) is 23.3. The second-order valence-corrected chi connectivity index (χ2v) is 6.68. The van der Waals surface area contributed by atoms with Gasteiger partial charge in [-0.25, -0.2) is 9.59 Å². The van der Waals surface area contributed by atoms with Crippen molar-refractivity contribution in [3.05, 3.63) is 43.4 Å². The fourth-order valence-corrected chi connectivity index (χ4v) is 2.82. The summed E-state index contributed by atoms with van der Waals surface area (Å²) in [6.07, 6.45) is -9.37. The highest BCUT2D eigenvalue weighted by molar-refractivity contribution is 6.36. The largest absolute Gasteiger partial charge is 0.511 e. The van der Waals surface area contributed by atoms with Gasteiger partial charge in [0.15, 0.2) is 0 Å². The molecule has 1 unspecified atom stereocenters. The van der Waals surface area contributed by atoms with Crippen LogP contribution >= 0.6 is 23.2 Å². The smallest absolute Gasteiger partial charge is 0.474 e. The summed E-state index contributed by atoms with van der Waals surface area (Å²) in [4.78, 5) is 37.7. The maximum atomic E-state index is 13.4. The molecule has 0 aliphatic carbocycles. The minimum absolute atomic E-state index is 0.00468. The van der Waals surface area contributed by atoms with Crippen molar-refractivity contribution in [3.63, 3.8) is 0 Å². The lowest BCUT2D eigenvalue weighted by atomic mass is 10.0. The van der Waals surface area contributed by atoms with Gasteiger partial charge >= 0.3 is 18.3 Å². The predicted octanol–water partition coefficient (Wildman–Crippen LogP) is 3.95. The molecule has 1 heterocycles. The molecule has 2 atom stereocenters. The van der Waals surface area contributed by atoms with Crippen molar-refractivity contribution in [2.75, 3.05) is 13.4 Å². The highest BCUT2D eigenvalue weighted by Crippen LogP contribution is 2.42. The van der Waals surface area contributed by atoms with E-state index in [9.17, 15) is 32.9 Å². The Balaban J connectivity index is 2.02. The Morgan fingerprint density at radius 1 is 1.26 bits per heavy atom. The van der Waals surface area contributed by atoms with E-state index >= 15 is 0 Å². The van der Waals surface area contributed by atoms with Crippen molar-refractivity contribution >= 4 is 41.4 Å². The van der Waals surface area contributed by atoms with E-state index in [1.165, 1.54) is 19.1 Å². The van der Waals surface area contributed by atoms with E-state index in [2.05, 4.69) is 19.0 Å². The Morgan fingerprint density at radius 3 is 2.55 bits per heavy atom. The highest BCUT2D eigenvalue weighted by atomic mass is 35.5. The summed E-state index contributed by atoms with van der Waals surface area (Å²) in [6.45, 7) is -0.451. The van der Waals surface area contributed by atoms with Crippen molar-refractivity contribution in [2.45, 2.75) is 25.3 Å². The van der Waals surface area contributed by atoms with Crippen molar-refractivity contribution in [1.82, 2.24) is 0 Å². The van der Waals surface area contributed by atoms with E-state index in [-0.39, 0.29) is 21.4 Å². The fraction of sp³-hybridized carbons (Fsp3) is 0.375. The predicted molar refractivity (Wildman–Crippen MR) is 95.8 cm³/mol. The van der Waals surface area contributed by atoms with Gasteiger partial charge in [-0.1, -0.05) is 23.2 Å². The number of fused-ring (bicyclic) bond motifs is 1. The van der Waals surface area contributed by atoms with Gasteiger partial charge in [0, 0.05) is 10.6 Å². The summed E-state index contributed by atoms with van der Waals surface area (Å²) in [6, 6.07) is 2.40. The van der Waals surface area contributed by atoms with Gasteiger partial charge in [0.2, 0.25) is 12.9 Å². The molecule has 31 heavy (non-hydrogen) atoms. The minimum Gasteiger partial charge on any atom is -0.474 e. The first kappa shape index (κ1) is 24.3. The van der Waals surface area contributed by atoms with Gasteiger partial charge in [-0.05, 0) is 25.1 Å². The van der Waals surface area contributed by atoms with Gasteiger partial charge in [-0.2, -0.15) is 13.2 Å². The van der Waals surface area contributed by atoms with Gasteiger partial charge in [0.1, 0.15) is 18.5 Å². The van der Waals surface area contributed by atoms with Crippen LogP contribution in [0, 0.1) is 10.1 Å². The van der Waals surface area contributed by atoms with E-state index < -0.39 is 54.6 Å². The van der Waals surface area contributed by atoms with Crippen LogP contribution in [-0.2, 0) is 23.8 Å². The Kier molecular flexibility index (Phi) is 7.79. The molecule has 1 aromatic carbocycles. The van der Waals surface area contributed by atoms with Crippen LogP contribution in [0.25, 0.3) is 6.08 Å². The number of carbonyl (C=O) groups is 2. The van der Waals surface area contributed by atoms with Crippen molar-refractivity contribution in [3.8, 4) is 5.75 Å². The summed E-state index contributed by atoms with van der Waals surface area (Å²) in [5, 5.41) is 8.90. The van der Waals surface area contributed by atoms with Crippen molar-refractivity contribution in [2.24, 2.45) is 0 Å². The second kappa shape index (κ2) is 9.92. The average molecular weight is 490 g/mol. The fourth-order valence-electron chi connectivity index (χ4n) is 2.26. The quantitative estimate of drug-likeness (QED) is 0.242. The molecule has 170 valence electrons. The number of carbonyl (C=O) groups excluding carboxylic acids is 2. The van der Waals surface area contributed by atoms with Crippen LogP contribution in [0.2, 0.25) is 10.0 Å². The van der Waals surface area contributed by atoms with Crippen LogP contribution in [-0.4, -0.2) is 49.0 Å². The molecular formula is C16H12Cl2F3NO9. The summed E-state index contributed by atoms with van der Waals surface area (Å²) in [7, 11) is 0. The SMILES string of the molecule is CC(COC(=O)OCOC(=O)C1=Cc2cc(Cl)cc(Cl)c2O[C@@H]1C(F)(F)F)O[N+](=O)[O-]. The molecule has 10 nitrogen and oxygen atoms in total. The molecule has 0 spiro atoms. The monoisotopic (exact) mass is 489 g/mol. The molecule has 0 radical (unpaired) electrons. The summed E-state index contributed by atoms with van der Waals surface area (Å²) in [5.41, 5.74) is -0.937.